The van der Waals surface area contributed by atoms with Crippen molar-refractivity contribution in [1.29, 1.82) is 0 Å². The van der Waals surface area contributed by atoms with Crippen LogP contribution in [0.15, 0.2) is 0 Å². The second kappa shape index (κ2) is 7.81. The van der Waals surface area contributed by atoms with E-state index in [9.17, 15) is 0 Å². The van der Waals surface area contributed by atoms with Crippen molar-refractivity contribution in [2.45, 2.75) is 65.5 Å². The largest absolute Gasteiger partial charge is 0.376 e. The highest BCUT2D eigenvalue weighted by Crippen LogP contribution is 2.21. The van der Waals surface area contributed by atoms with Gasteiger partial charge < -0.3 is 4.74 Å². The molecule has 4 heteroatoms. The quantitative estimate of drug-likeness (QED) is 0.791. The van der Waals surface area contributed by atoms with Gasteiger partial charge in [0, 0.05) is 31.7 Å². The number of ether oxygens (including phenoxy) is 1. The summed E-state index contributed by atoms with van der Waals surface area (Å²) in [6.07, 6.45) is 2.58. The van der Waals surface area contributed by atoms with Crippen LogP contribution in [-0.2, 0) is 4.74 Å². The van der Waals surface area contributed by atoms with Gasteiger partial charge in [-0.3, -0.25) is 14.7 Å². The van der Waals surface area contributed by atoms with Gasteiger partial charge in [0.1, 0.15) is 0 Å². The van der Waals surface area contributed by atoms with Crippen molar-refractivity contribution in [3.8, 4) is 0 Å². The molecule has 136 valence electrons. The first-order chi connectivity index (χ1) is 10.6. The van der Waals surface area contributed by atoms with Crippen LogP contribution in [-0.4, -0.2) is 78.4 Å². The second-order valence-electron chi connectivity index (χ2n) is 9.40. The fraction of sp³-hybridized carbons (Fsp3) is 1.00. The van der Waals surface area contributed by atoms with Crippen molar-refractivity contribution >= 4 is 0 Å². The van der Waals surface area contributed by atoms with Gasteiger partial charge in [-0.1, -0.05) is 0 Å². The van der Waals surface area contributed by atoms with Crippen molar-refractivity contribution < 1.29 is 4.74 Å². The van der Waals surface area contributed by atoms with Crippen molar-refractivity contribution in [2.75, 3.05) is 52.5 Å². The molecule has 0 spiro atoms. The summed E-state index contributed by atoms with van der Waals surface area (Å²) in [7, 11) is 0. The molecular formula is C19H39N3O. The summed E-state index contributed by atoms with van der Waals surface area (Å²) in [6, 6.07) is 0. The first-order valence-corrected chi connectivity index (χ1v) is 9.47. The van der Waals surface area contributed by atoms with Crippen LogP contribution in [0.5, 0.6) is 0 Å². The number of rotatable bonds is 4. The third kappa shape index (κ3) is 6.69. The maximum absolute atomic E-state index is 5.96. The van der Waals surface area contributed by atoms with Gasteiger partial charge in [-0.2, -0.15) is 0 Å². The molecule has 2 rings (SSSR count). The van der Waals surface area contributed by atoms with Crippen LogP contribution in [0.3, 0.4) is 0 Å². The first kappa shape index (κ1) is 19.2. The van der Waals surface area contributed by atoms with E-state index < -0.39 is 0 Å². The fourth-order valence-electron chi connectivity index (χ4n) is 3.51. The topological polar surface area (TPSA) is 19.0 Å². The van der Waals surface area contributed by atoms with Crippen LogP contribution < -0.4 is 0 Å². The Kier molecular flexibility index (Phi) is 6.51. The summed E-state index contributed by atoms with van der Waals surface area (Å²) >= 11 is 0. The normalized spacial score (nSPS) is 24.3. The molecular weight excluding hydrogens is 286 g/mol. The third-order valence-corrected chi connectivity index (χ3v) is 5.18. The third-order valence-electron chi connectivity index (χ3n) is 5.18. The Morgan fingerprint density at radius 2 is 1.30 bits per heavy atom. The number of hydrogen-bond acceptors (Lipinski definition) is 4. The highest BCUT2D eigenvalue weighted by Gasteiger charge is 2.27. The van der Waals surface area contributed by atoms with Crippen LogP contribution >= 0.6 is 0 Å². The predicted molar refractivity (Wildman–Crippen MR) is 97.8 cm³/mol. The molecule has 0 radical (unpaired) electrons. The van der Waals surface area contributed by atoms with Gasteiger partial charge in [-0.25, -0.2) is 0 Å². The fourth-order valence-corrected chi connectivity index (χ4v) is 3.51. The zero-order valence-corrected chi connectivity index (χ0v) is 16.4. The molecule has 4 nitrogen and oxygen atoms in total. The molecule has 2 saturated heterocycles. The van der Waals surface area contributed by atoms with Gasteiger partial charge >= 0.3 is 0 Å². The summed E-state index contributed by atoms with van der Waals surface area (Å²) in [6.45, 7) is 22.8. The van der Waals surface area contributed by atoms with Crippen molar-refractivity contribution in [1.82, 2.24) is 14.7 Å². The van der Waals surface area contributed by atoms with E-state index in [1.807, 2.05) is 0 Å². The number of piperazine rings is 1. The monoisotopic (exact) mass is 325 g/mol. The highest BCUT2D eigenvalue weighted by atomic mass is 16.5. The standard InChI is InChI=1S/C19H39N3O/c1-18(2,3)22-13-11-21(12-14-22)16-20-9-7-17(8-10-20)15-23-19(4,5)6/h17H,7-16H2,1-6H3. The Hall–Kier alpha value is -0.160. The van der Waals surface area contributed by atoms with Crippen LogP contribution in [0.1, 0.15) is 54.4 Å². The lowest BCUT2D eigenvalue weighted by molar-refractivity contribution is -0.0372. The molecule has 0 atom stereocenters. The summed E-state index contributed by atoms with van der Waals surface area (Å²) < 4.78 is 5.96. The Morgan fingerprint density at radius 3 is 1.78 bits per heavy atom. The van der Waals surface area contributed by atoms with Gasteiger partial charge in [0.05, 0.1) is 18.9 Å². The average molecular weight is 326 g/mol. The smallest absolute Gasteiger partial charge is 0.0598 e. The summed E-state index contributed by atoms with van der Waals surface area (Å²) in [5.41, 5.74) is 0.321. The van der Waals surface area contributed by atoms with E-state index in [-0.39, 0.29) is 5.60 Å². The maximum atomic E-state index is 5.96. The van der Waals surface area contributed by atoms with E-state index in [0.29, 0.717) is 5.54 Å². The van der Waals surface area contributed by atoms with Crippen LogP contribution in [0.4, 0.5) is 0 Å². The number of piperidine rings is 1. The summed E-state index contributed by atoms with van der Waals surface area (Å²) in [5.74, 6) is 0.753. The Balaban J connectivity index is 1.64. The predicted octanol–water partition coefficient (Wildman–Crippen LogP) is 2.89. The minimum absolute atomic E-state index is 0.00383. The zero-order chi connectivity index (χ0) is 17.1. The Morgan fingerprint density at radius 1 is 0.783 bits per heavy atom. The molecule has 23 heavy (non-hydrogen) atoms. The molecule has 0 bridgehead atoms. The molecule has 2 aliphatic rings. The molecule has 0 amide bonds. The van der Waals surface area contributed by atoms with Gasteiger partial charge in [-0.05, 0) is 73.4 Å². The first-order valence-electron chi connectivity index (χ1n) is 9.47. The molecule has 0 N–H and O–H groups in total. The SMILES string of the molecule is CC(C)(C)OCC1CCN(CN2CCN(C(C)(C)C)CC2)CC1. The molecule has 0 saturated carbocycles. The van der Waals surface area contributed by atoms with E-state index in [4.69, 9.17) is 4.74 Å². The number of likely N-dealkylation sites (tertiary alicyclic amines) is 1. The molecule has 2 fully saturated rings. The van der Waals surface area contributed by atoms with E-state index in [1.54, 1.807) is 0 Å². The van der Waals surface area contributed by atoms with Crippen molar-refractivity contribution in [3.05, 3.63) is 0 Å². The van der Waals surface area contributed by atoms with Gasteiger partial charge in [0.15, 0.2) is 0 Å². The lowest BCUT2D eigenvalue weighted by Crippen LogP contribution is -2.55. The van der Waals surface area contributed by atoms with Crippen LogP contribution in [0.25, 0.3) is 0 Å². The van der Waals surface area contributed by atoms with Gasteiger partial charge in [0.25, 0.3) is 0 Å². The molecule has 0 aliphatic carbocycles. The Bertz CT molecular complexity index is 343. The highest BCUT2D eigenvalue weighted by molar-refractivity contribution is 4.82. The summed E-state index contributed by atoms with van der Waals surface area (Å²) in [4.78, 5) is 7.88. The lowest BCUT2D eigenvalue weighted by Gasteiger charge is -2.44. The van der Waals surface area contributed by atoms with E-state index in [0.717, 1.165) is 19.2 Å². The van der Waals surface area contributed by atoms with Gasteiger partial charge in [-0.15, -0.1) is 0 Å². The minimum Gasteiger partial charge on any atom is -0.376 e. The second-order valence-corrected chi connectivity index (χ2v) is 9.40. The Labute approximate surface area is 144 Å². The lowest BCUT2D eigenvalue weighted by atomic mass is 9.97. The van der Waals surface area contributed by atoms with E-state index >= 15 is 0 Å². The maximum Gasteiger partial charge on any atom is 0.0598 e. The molecule has 0 aromatic heterocycles. The summed E-state index contributed by atoms with van der Waals surface area (Å²) in [5, 5.41) is 0. The van der Waals surface area contributed by atoms with Crippen molar-refractivity contribution in [2.24, 2.45) is 5.92 Å². The van der Waals surface area contributed by atoms with E-state index in [1.165, 1.54) is 52.1 Å². The molecule has 0 aromatic carbocycles. The number of nitrogens with zero attached hydrogens (tertiary/aromatic N) is 3. The molecule has 0 unspecified atom stereocenters. The molecule has 0 aromatic rings. The van der Waals surface area contributed by atoms with Crippen LogP contribution in [0.2, 0.25) is 0 Å². The molecule has 2 aliphatic heterocycles. The van der Waals surface area contributed by atoms with Crippen LogP contribution in [0, 0.1) is 5.92 Å². The zero-order valence-electron chi connectivity index (χ0n) is 16.4. The van der Waals surface area contributed by atoms with E-state index in [2.05, 4.69) is 56.2 Å². The van der Waals surface area contributed by atoms with Gasteiger partial charge in [0.2, 0.25) is 0 Å². The average Bonchev–Trinajstić information content (AvgIpc) is 2.45. The minimum atomic E-state index is 0.00383. The number of hydrogen-bond donors (Lipinski definition) is 0. The van der Waals surface area contributed by atoms with Crippen molar-refractivity contribution in [3.63, 3.8) is 0 Å². The molecule has 2 heterocycles.